The Bertz CT molecular complexity index is 931. The highest BCUT2D eigenvalue weighted by Gasteiger charge is 2.38. The van der Waals surface area contributed by atoms with Crippen LogP contribution < -0.4 is 5.32 Å². The lowest BCUT2D eigenvalue weighted by molar-refractivity contribution is -0.140. The van der Waals surface area contributed by atoms with Gasteiger partial charge in [-0.15, -0.1) is 0 Å². The summed E-state index contributed by atoms with van der Waals surface area (Å²) in [5.74, 6) is -0.0493. The van der Waals surface area contributed by atoms with Gasteiger partial charge in [-0.25, -0.2) is 4.98 Å². The predicted molar refractivity (Wildman–Crippen MR) is 117 cm³/mol. The van der Waals surface area contributed by atoms with Crippen molar-refractivity contribution >= 4 is 39.5 Å². The molecule has 0 aliphatic carbocycles. The van der Waals surface area contributed by atoms with Crippen LogP contribution in [0.5, 0.6) is 0 Å². The van der Waals surface area contributed by atoms with Gasteiger partial charge in [0.15, 0.2) is 5.76 Å². The molecule has 9 heteroatoms. The third-order valence-corrected chi connectivity index (χ3v) is 6.33. The second kappa shape index (κ2) is 9.64. The molecule has 1 N–H and O–H groups in total. The van der Waals surface area contributed by atoms with Gasteiger partial charge in [0, 0.05) is 30.3 Å². The van der Waals surface area contributed by atoms with Crippen LogP contribution in [0.4, 0.5) is 5.82 Å². The van der Waals surface area contributed by atoms with E-state index in [1.54, 1.807) is 34.2 Å². The van der Waals surface area contributed by atoms with Gasteiger partial charge in [0.25, 0.3) is 5.91 Å². The molecule has 2 aromatic heterocycles. The number of aromatic nitrogens is 1. The number of carbonyl (C=O) groups excluding carboxylic acids is 3. The van der Waals surface area contributed by atoms with Gasteiger partial charge in [-0.05, 0) is 72.3 Å². The number of likely N-dealkylation sites (tertiary alicyclic amines) is 2. The summed E-state index contributed by atoms with van der Waals surface area (Å²) in [6.45, 7) is 1.47. The number of halogens is 1. The summed E-state index contributed by atoms with van der Waals surface area (Å²) in [7, 11) is 0. The lowest BCUT2D eigenvalue weighted by Gasteiger charge is -2.39. The van der Waals surface area contributed by atoms with E-state index < -0.39 is 6.04 Å². The van der Waals surface area contributed by atoms with E-state index in [0.29, 0.717) is 38.3 Å². The average molecular weight is 489 g/mol. The number of amides is 3. The molecule has 2 aliphatic rings. The minimum absolute atomic E-state index is 0.0844. The van der Waals surface area contributed by atoms with Crippen LogP contribution in [0.25, 0.3) is 0 Å². The smallest absolute Gasteiger partial charge is 0.290 e. The molecular weight excluding hydrogens is 464 g/mol. The number of hydrogen-bond acceptors (Lipinski definition) is 5. The van der Waals surface area contributed by atoms with Gasteiger partial charge in [0.05, 0.1) is 12.2 Å². The molecule has 2 saturated heterocycles. The largest absolute Gasteiger partial charge is 0.459 e. The zero-order chi connectivity index (χ0) is 21.8. The van der Waals surface area contributed by atoms with Gasteiger partial charge in [0.1, 0.15) is 11.9 Å². The molecular formula is C22H25BrN4O4. The van der Waals surface area contributed by atoms with Gasteiger partial charge < -0.3 is 19.5 Å². The van der Waals surface area contributed by atoms with E-state index >= 15 is 0 Å². The molecule has 8 nitrogen and oxygen atoms in total. The number of rotatable bonds is 4. The minimum Gasteiger partial charge on any atom is -0.459 e. The first kappa shape index (κ1) is 21.5. The third kappa shape index (κ3) is 4.98. The van der Waals surface area contributed by atoms with Crippen LogP contribution in [-0.4, -0.2) is 58.2 Å². The predicted octanol–water partition coefficient (Wildman–Crippen LogP) is 3.31. The lowest BCUT2D eigenvalue weighted by Crippen LogP contribution is -2.55. The highest BCUT2D eigenvalue weighted by molar-refractivity contribution is 9.10. The Kier molecular flexibility index (Phi) is 6.70. The van der Waals surface area contributed by atoms with Crippen molar-refractivity contribution in [1.82, 2.24) is 14.8 Å². The molecule has 2 aliphatic heterocycles. The molecule has 0 radical (unpaired) electrons. The first-order valence-corrected chi connectivity index (χ1v) is 11.4. The van der Waals surface area contributed by atoms with Gasteiger partial charge >= 0.3 is 0 Å². The fraction of sp³-hybridized carbons (Fsp3) is 0.455. The van der Waals surface area contributed by atoms with Gasteiger partial charge in [-0.3, -0.25) is 14.4 Å². The normalized spacial score (nSPS) is 21.6. The van der Waals surface area contributed by atoms with E-state index in [4.69, 9.17) is 4.42 Å². The Morgan fingerprint density at radius 2 is 1.97 bits per heavy atom. The quantitative estimate of drug-likeness (QED) is 0.711. The maximum Gasteiger partial charge on any atom is 0.290 e. The number of pyridine rings is 1. The van der Waals surface area contributed by atoms with Crippen molar-refractivity contribution < 1.29 is 18.8 Å². The Morgan fingerprint density at radius 1 is 1.10 bits per heavy atom. The zero-order valence-electron chi connectivity index (χ0n) is 17.1. The third-order valence-electron chi connectivity index (χ3n) is 5.86. The molecule has 4 heterocycles. The first-order valence-electron chi connectivity index (χ1n) is 10.6. The second-order valence-corrected chi connectivity index (χ2v) is 8.88. The molecule has 4 rings (SSSR count). The number of furan rings is 1. The molecule has 0 bridgehead atoms. The van der Waals surface area contributed by atoms with Crippen molar-refractivity contribution in [3.63, 3.8) is 0 Å². The molecule has 31 heavy (non-hydrogen) atoms. The Labute approximate surface area is 189 Å². The van der Waals surface area contributed by atoms with Crippen LogP contribution in [0, 0.1) is 5.92 Å². The Morgan fingerprint density at radius 3 is 2.71 bits per heavy atom. The Hall–Kier alpha value is -2.68. The fourth-order valence-corrected chi connectivity index (χ4v) is 4.49. The molecule has 164 valence electrons. The van der Waals surface area contributed by atoms with E-state index in [2.05, 4.69) is 26.2 Å². The fourth-order valence-electron chi connectivity index (χ4n) is 4.25. The van der Waals surface area contributed by atoms with Gasteiger partial charge in [0.2, 0.25) is 11.8 Å². The van der Waals surface area contributed by atoms with Crippen LogP contribution in [0.2, 0.25) is 0 Å². The number of hydrogen-bond donors (Lipinski definition) is 1. The van der Waals surface area contributed by atoms with Gasteiger partial charge in [-0.1, -0.05) is 0 Å². The van der Waals surface area contributed by atoms with Crippen molar-refractivity contribution in [2.24, 2.45) is 5.92 Å². The summed E-state index contributed by atoms with van der Waals surface area (Å²) in [6, 6.07) is 6.32. The number of anilines is 1. The zero-order valence-corrected chi connectivity index (χ0v) is 18.7. The monoisotopic (exact) mass is 488 g/mol. The number of nitrogens with zero attached hydrogens (tertiary/aromatic N) is 3. The lowest BCUT2D eigenvalue weighted by atomic mass is 9.94. The molecule has 0 aromatic carbocycles. The van der Waals surface area contributed by atoms with Crippen molar-refractivity contribution in [2.45, 2.75) is 38.1 Å². The van der Waals surface area contributed by atoms with Crippen molar-refractivity contribution in [3.05, 3.63) is 47.0 Å². The van der Waals surface area contributed by atoms with Crippen LogP contribution in [0.1, 0.15) is 42.7 Å². The van der Waals surface area contributed by atoms with E-state index in [9.17, 15) is 14.4 Å². The minimum atomic E-state index is -0.513. The van der Waals surface area contributed by atoms with Crippen LogP contribution >= 0.6 is 15.9 Å². The summed E-state index contributed by atoms with van der Waals surface area (Å²) in [5.41, 5.74) is 0. The Balaban J connectivity index is 1.41. The van der Waals surface area contributed by atoms with E-state index in [-0.39, 0.29) is 29.4 Å². The molecule has 3 amide bonds. The van der Waals surface area contributed by atoms with Crippen LogP contribution in [-0.2, 0) is 9.59 Å². The van der Waals surface area contributed by atoms with E-state index in [1.165, 1.54) is 6.26 Å². The maximum absolute atomic E-state index is 13.4. The summed E-state index contributed by atoms with van der Waals surface area (Å²) in [6.07, 6.45) is 6.93. The number of piperidine rings is 2. The summed E-state index contributed by atoms with van der Waals surface area (Å²) < 4.78 is 6.09. The van der Waals surface area contributed by atoms with Crippen LogP contribution in [0.15, 0.2) is 45.6 Å². The molecule has 2 aromatic rings. The molecule has 2 atom stereocenters. The topological polar surface area (TPSA) is 95.8 Å². The SMILES string of the molecule is O=C(Nc1ccc(Br)cn1)C1CCCN(C(=O)C2CCCCN2C(=O)c2ccco2)C1. The van der Waals surface area contributed by atoms with Crippen molar-refractivity contribution in [2.75, 3.05) is 25.0 Å². The summed E-state index contributed by atoms with van der Waals surface area (Å²) >= 11 is 3.32. The van der Waals surface area contributed by atoms with Crippen molar-refractivity contribution in [3.8, 4) is 0 Å². The van der Waals surface area contributed by atoms with E-state index in [0.717, 1.165) is 23.7 Å². The van der Waals surface area contributed by atoms with E-state index in [1.807, 2.05) is 6.07 Å². The number of carbonyl (C=O) groups is 3. The molecule has 2 fully saturated rings. The highest BCUT2D eigenvalue weighted by Crippen LogP contribution is 2.25. The van der Waals surface area contributed by atoms with Crippen LogP contribution in [0.3, 0.4) is 0 Å². The average Bonchev–Trinajstić information content (AvgIpc) is 3.35. The first-order chi connectivity index (χ1) is 15.0. The standard InChI is InChI=1S/C22H25BrN4O4/c23-16-8-9-19(24-13-16)25-20(28)15-5-3-10-26(14-15)21(29)17-6-1-2-11-27(17)22(30)18-7-4-12-31-18/h4,7-9,12-13,15,17H,1-3,5-6,10-11,14H2,(H,24,25,28). The maximum atomic E-state index is 13.4. The molecule has 0 saturated carbocycles. The molecule has 2 unspecified atom stereocenters. The number of nitrogens with one attached hydrogen (secondary N) is 1. The van der Waals surface area contributed by atoms with Gasteiger partial charge in [-0.2, -0.15) is 0 Å². The summed E-state index contributed by atoms with van der Waals surface area (Å²) in [4.78, 5) is 46.5. The van der Waals surface area contributed by atoms with Crippen molar-refractivity contribution in [1.29, 1.82) is 0 Å². The second-order valence-electron chi connectivity index (χ2n) is 7.96. The molecule has 0 spiro atoms. The summed E-state index contributed by atoms with van der Waals surface area (Å²) in [5, 5.41) is 2.84. The highest BCUT2D eigenvalue weighted by atomic mass is 79.9.